The van der Waals surface area contributed by atoms with Crippen LogP contribution < -0.4 is 5.32 Å². The lowest BCUT2D eigenvalue weighted by Gasteiger charge is -2.10. The highest BCUT2D eigenvalue weighted by molar-refractivity contribution is 6.31. The number of hydrogen-bond acceptors (Lipinski definition) is 5. The Kier molecular flexibility index (Phi) is 6.04. The number of nitriles is 1. The van der Waals surface area contributed by atoms with Gasteiger partial charge in [-0.05, 0) is 29.8 Å². The first-order valence-corrected chi connectivity index (χ1v) is 8.67. The van der Waals surface area contributed by atoms with E-state index in [0.717, 1.165) is 5.56 Å². The average molecular weight is 395 g/mol. The molecule has 7 nitrogen and oxygen atoms in total. The van der Waals surface area contributed by atoms with Gasteiger partial charge in [-0.3, -0.25) is 4.79 Å². The molecule has 0 saturated heterocycles. The second kappa shape index (κ2) is 8.84. The van der Waals surface area contributed by atoms with Crippen molar-refractivity contribution in [2.75, 3.05) is 11.9 Å². The van der Waals surface area contributed by atoms with Crippen LogP contribution in [0, 0.1) is 11.3 Å². The molecule has 0 aliphatic carbocycles. The summed E-state index contributed by atoms with van der Waals surface area (Å²) < 4.78 is 6.58. The fourth-order valence-electron chi connectivity index (χ4n) is 2.46. The van der Waals surface area contributed by atoms with Crippen molar-refractivity contribution in [1.82, 2.24) is 9.78 Å². The zero-order valence-electron chi connectivity index (χ0n) is 14.6. The molecule has 0 saturated carbocycles. The number of halogens is 1. The molecule has 28 heavy (non-hydrogen) atoms. The van der Waals surface area contributed by atoms with Crippen LogP contribution in [0.5, 0.6) is 0 Å². The summed E-state index contributed by atoms with van der Waals surface area (Å²) in [5, 5.41) is 16.3. The molecule has 1 heterocycles. The van der Waals surface area contributed by atoms with Crippen LogP contribution in [0.1, 0.15) is 21.5 Å². The summed E-state index contributed by atoms with van der Waals surface area (Å²) >= 11 is 6.16. The number of hydrogen-bond donors (Lipinski definition) is 1. The number of carbonyl (C=O) groups excluding carboxylic acids is 2. The van der Waals surface area contributed by atoms with Crippen molar-refractivity contribution in [1.29, 1.82) is 5.26 Å². The molecule has 0 aliphatic heterocycles. The van der Waals surface area contributed by atoms with Crippen LogP contribution in [-0.4, -0.2) is 28.3 Å². The minimum Gasteiger partial charge on any atom is -0.452 e. The van der Waals surface area contributed by atoms with E-state index in [1.165, 1.54) is 12.1 Å². The maximum absolute atomic E-state index is 12.1. The predicted molar refractivity (Wildman–Crippen MR) is 103 cm³/mol. The summed E-state index contributed by atoms with van der Waals surface area (Å²) in [5.41, 5.74) is 1.39. The summed E-state index contributed by atoms with van der Waals surface area (Å²) in [4.78, 5) is 24.2. The van der Waals surface area contributed by atoms with Crippen LogP contribution in [0.2, 0.25) is 5.02 Å². The van der Waals surface area contributed by atoms with Crippen molar-refractivity contribution in [2.45, 2.75) is 6.54 Å². The number of aromatic nitrogens is 2. The third kappa shape index (κ3) is 4.75. The number of nitrogens with zero attached hydrogens (tertiary/aromatic N) is 3. The third-order valence-electron chi connectivity index (χ3n) is 3.82. The quantitative estimate of drug-likeness (QED) is 0.647. The largest absolute Gasteiger partial charge is 0.452 e. The Morgan fingerprint density at radius 2 is 2.00 bits per heavy atom. The number of ether oxygens (including phenoxy) is 1. The van der Waals surface area contributed by atoms with Gasteiger partial charge in [0, 0.05) is 11.1 Å². The highest BCUT2D eigenvalue weighted by Gasteiger charge is 2.13. The highest BCUT2D eigenvalue weighted by Crippen LogP contribution is 2.18. The van der Waals surface area contributed by atoms with Crippen LogP contribution in [-0.2, 0) is 16.1 Å². The standard InChI is InChI=1S/C20H15ClN4O3/c21-17-7-2-1-5-16(17)12-25-18(8-9-23-25)24-19(26)13-28-20(27)15-6-3-4-14(10-15)11-22/h1-10H,12-13H2,(H,24,26). The van der Waals surface area contributed by atoms with E-state index in [4.69, 9.17) is 21.6 Å². The molecule has 0 atom stereocenters. The fraction of sp³-hybridized carbons (Fsp3) is 0.100. The minimum atomic E-state index is -0.683. The van der Waals surface area contributed by atoms with Gasteiger partial charge < -0.3 is 10.1 Å². The SMILES string of the molecule is N#Cc1cccc(C(=O)OCC(=O)Nc2ccnn2Cc2ccccc2Cl)c1. The number of anilines is 1. The van der Waals surface area contributed by atoms with Gasteiger partial charge in [0.15, 0.2) is 6.61 Å². The van der Waals surface area contributed by atoms with E-state index in [9.17, 15) is 9.59 Å². The van der Waals surface area contributed by atoms with E-state index in [-0.39, 0.29) is 5.56 Å². The monoisotopic (exact) mass is 394 g/mol. The van der Waals surface area contributed by atoms with E-state index in [1.807, 2.05) is 24.3 Å². The van der Waals surface area contributed by atoms with Gasteiger partial charge in [0.1, 0.15) is 5.82 Å². The molecule has 0 aliphatic rings. The van der Waals surface area contributed by atoms with Crippen molar-refractivity contribution < 1.29 is 14.3 Å². The molecule has 0 radical (unpaired) electrons. The predicted octanol–water partition coefficient (Wildman–Crippen LogP) is 3.25. The first-order chi connectivity index (χ1) is 13.6. The molecule has 1 amide bonds. The Balaban J connectivity index is 1.58. The summed E-state index contributed by atoms with van der Waals surface area (Å²) in [5.74, 6) is -0.741. The zero-order chi connectivity index (χ0) is 19.9. The average Bonchev–Trinajstić information content (AvgIpc) is 3.14. The first kappa shape index (κ1) is 19.1. The highest BCUT2D eigenvalue weighted by atomic mass is 35.5. The Bertz CT molecular complexity index is 1060. The molecule has 0 unspecified atom stereocenters. The number of amides is 1. The van der Waals surface area contributed by atoms with Crippen LogP contribution in [0.15, 0.2) is 60.8 Å². The molecule has 3 rings (SSSR count). The molecular weight excluding hydrogens is 380 g/mol. The van der Waals surface area contributed by atoms with E-state index in [2.05, 4.69) is 10.4 Å². The molecule has 0 bridgehead atoms. The minimum absolute atomic E-state index is 0.204. The number of benzene rings is 2. The third-order valence-corrected chi connectivity index (χ3v) is 4.19. The Hall–Kier alpha value is -3.63. The van der Waals surface area contributed by atoms with Gasteiger partial charge in [-0.2, -0.15) is 10.4 Å². The summed E-state index contributed by atoms with van der Waals surface area (Å²) in [6.07, 6.45) is 1.55. The van der Waals surface area contributed by atoms with E-state index < -0.39 is 18.5 Å². The Morgan fingerprint density at radius 3 is 2.79 bits per heavy atom. The smallest absolute Gasteiger partial charge is 0.338 e. The van der Waals surface area contributed by atoms with E-state index >= 15 is 0 Å². The zero-order valence-corrected chi connectivity index (χ0v) is 15.4. The summed E-state index contributed by atoms with van der Waals surface area (Å²) in [7, 11) is 0. The van der Waals surface area contributed by atoms with Crippen LogP contribution in [0.25, 0.3) is 0 Å². The Labute approximate surface area is 166 Å². The molecule has 2 aromatic carbocycles. The lowest BCUT2D eigenvalue weighted by atomic mass is 10.1. The Morgan fingerprint density at radius 1 is 1.18 bits per heavy atom. The van der Waals surface area contributed by atoms with Crippen LogP contribution >= 0.6 is 11.6 Å². The summed E-state index contributed by atoms with van der Waals surface area (Å²) in [6.45, 7) is -0.0874. The maximum atomic E-state index is 12.1. The van der Waals surface area contributed by atoms with Crippen molar-refractivity contribution in [3.05, 3.63) is 82.5 Å². The first-order valence-electron chi connectivity index (χ1n) is 8.29. The number of rotatable bonds is 6. The number of esters is 1. The lowest BCUT2D eigenvalue weighted by molar-refractivity contribution is -0.119. The molecule has 3 aromatic rings. The van der Waals surface area contributed by atoms with Crippen molar-refractivity contribution in [3.63, 3.8) is 0 Å². The summed E-state index contributed by atoms with van der Waals surface area (Å²) in [6, 6.07) is 17.0. The van der Waals surface area contributed by atoms with Gasteiger partial charge in [-0.25, -0.2) is 9.48 Å². The lowest BCUT2D eigenvalue weighted by Crippen LogP contribution is -2.22. The van der Waals surface area contributed by atoms with Gasteiger partial charge in [-0.1, -0.05) is 35.9 Å². The van der Waals surface area contributed by atoms with Crippen LogP contribution in [0.4, 0.5) is 5.82 Å². The molecular formula is C20H15ClN4O3. The molecule has 1 N–H and O–H groups in total. The topological polar surface area (TPSA) is 97.0 Å². The maximum Gasteiger partial charge on any atom is 0.338 e. The second-order valence-electron chi connectivity index (χ2n) is 5.78. The number of carbonyl (C=O) groups is 2. The second-order valence-corrected chi connectivity index (χ2v) is 6.19. The molecule has 8 heteroatoms. The van der Waals surface area contributed by atoms with Crippen molar-refractivity contribution >= 4 is 29.3 Å². The van der Waals surface area contributed by atoms with Gasteiger partial charge in [0.05, 0.1) is 29.9 Å². The van der Waals surface area contributed by atoms with Crippen molar-refractivity contribution in [2.24, 2.45) is 0 Å². The van der Waals surface area contributed by atoms with Gasteiger partial charge in [0.25, 0.3) is 5.91 Å². The molecule has 140 valence electrons. The molecule has 0 fully saturated rings. The van der Waals surface area contributed by atoms with Gasteiger partial charge in [-0.15, -0.1) is 0 Å². The molecule has 0 spiro atoms. The van der Waals surface area contributed by atoms with E-state index in [1.54, 1.807) is 35.1 Å². The fourth-order valence-corrected chi connectivity index (χ4v) is 2.66. The van der Waals surface area contributed by atoms with E-state index in [0.29, 0.717) is 22.9 Å². The number of nitrogens with one attached hydrogen (secondary N) is 1. The van der Waals surface area contributed by atoms with Gasteiger partial charge in [0.2, 0.25) is 0 Å². The normalized spacial score (nSPS) is 10.1. The molecule has 1 aromatic heterocycles. The van der Waals surface area contributed by atoms with Crippen molar-refractivity contribution in [3.8, 4) is 6.07 Å². The van der Waals surface area contributed by atoms with Crippen LogP contribution in [0.3, 0.4) is 0 Å². The van der Waals surface area contributed by atoms with Gasteiger partial charge >= 0.3 is 5.97 Å².